The van der Waals surface area contributed by atoms with Gasteiger partial charge in [-0.2, -0.15) is 0 Å². The summed E-state index contributed by atoms with van der Waals surface area (Å²) < 4.78 is 29.0. The number of halogens is 2. The van der Waals surface area contributed by atoms with Gasteiger partial charge < -0.3 is 0 Å². The summed E-state index contributed by atoms with van der Waals surface area (Å²) >= 11 is 1.08. The number of ketones is 1. The molecule has 0 bridgehead atoms. The van der Waals surface area contributed by atoms with E-state index in [4.69, 9.17) is 0 Å². The van der Waals surface area contributed by atoms with Crippen molar-refractivity contribution in [2.45, 2.75) is 13.5 Å². The Bertz CT molecular complexity index is 1050. The third-order valence-electron chi connectivity index (χ3n) is 3.29. The number of carbonyl (C=O) groups excluding carboxylic acids is 1. The molecule has 3 aromatic rings. The highest BCUT2D eigenvalue weighted by Crippen LogP contribution is 2.18. The molecule has 2 heterocycles. The highest BCUT2D eigenvalue weighted by molar-refractivity contribution is 7.17. The van der Waals surface area contributed by atoms with Gasteiger partial charge in [-0.3, -0.25) is 14.2 Å². The first-order valence-corrected chi connectivity index (χ1v) is 7.46. The lowest BCUT2D eigenvalue weighted by molar-refractivity contribution is -0.117. The Morgan fingerprint density at radius 3 is 2.61 bits per heavy atom. The second kappa shape index (κ2) is 5.54. The fraction of sp³-hybridized carbons (Fsp3) is 0.133. The number of benzene rings is 1. The van der Waals surface area contributed by atoms with E-state index in [2.05, 4.69) is 0 Å². The summed E-state index contributed by atoms with van der Waals surface area (Å²) in [5.74, 6) is -2.14. The van der Waals surface area contributed by atoms with Gasteiger partial charge >= 0.3 is 5.69 Å². The van der Waals surface area contributed by atoms with Crippen LogP contribution in [-0.2, 0) is 11.3 Å². The van der Waals surface area contributed by atoms with Crippen LogP contribution in [0.25, 0.3) is 15.9 Å². The number of aromatic nitrogens is 2. The zero-order valence-electron chi connectivity index (χ0n) is 11.9. The number of hydrogen-bond acceptors (Lipinski definition) is 4. The first-order chi connectivity index (χ1) is 10.9. The van der Waals surface area contributed by atoms with Gasteiger partial charge in [0.2, 0.25) is 0 Å². The lowest BCUT2D eigenvalue weighted by Gasteiger charge is -2.11. The summed E-state index contributed by atoms with van der Waals surface area (Å²) in [5.41, 5.74) is -1.58. The molecule has 5 nitrogen and oxygen atoms in total. The zero-order chi connectivity index (χ0) is 16.7. The molecule has 0 N–H and O–H groups in total. The summed E-state index contributed by atoms with van der Waals surface area (Å²) in [5, 5.41) is 1.60. The van der Waals surface area contributed by atoms with E-state index in [-0.39, 0.29) is 22.7 Å². The van der Waals surface area contributed by atoms with E-state index in [1.807, 2.05) is 0 Å². The van der Waals surface area contributed by atoms with Crippen LogP contribution in [0.4, 0.5) is 8.78 Å². The van der Waals surface area contributed by atoms with Crippen molar-refractivity contribution < 1.29 is 13.6 Å². The maximum Gasteiger partial charge on any atom is 0.336 e. The van der Waals surface area contributed by atoms with Crippen LogP contribution in [0.1, 0.15) is 6.92 Å². The molecule has 8 heteroatoms. The molecular weight excluding hydrogens is 326 g/mol. The normalized spacial score (nSPS) is 11.1. The summed E-state index contributed by atoms with van der Waals surface area (Å²) in [6, 6.07) is 4.12. The van der Waals surface area contributed by atoms with Gasteiger partial charge in [-0.15, -0.1) is 11.3 Å². The molecule has 0 spiro atoms. The van der Waals surface area contributed by atoms with Crippen LogP contribution in [0.5, 0.6) is 0 Å². The van der Waals surface area contributed by atoms with Crippen molar-refractivity contribution in [3.05, 3.63) is 62.1 Å². The average Bonchev–Trinajstić information content (AvgIpc) is 2.95. The van der Waals surface area contributed by atoms with E-state index >= 15 is 0 Å². The second-order valence-corrected chi connectivity index (χ2v) is 5.86. The molecule has 0 saturated heterocycles. The van der Waals surface area contributed by atoms with Crippen molar-refractivity contribution >= 4 is 27.3 Å². The van der Waals surface area contributed by atoms with Crippen LogP contribution in [0.2, 0.25) is 0 Å². The van der Waals surface area contributed by atoms with Crippen molar-refractivity contribution in [3.63, 3.8) is 0 Å². The molecule has 2 aromatic heterocycles. The first-order valence-electron chi connectivity index (χ1n) is 6.58. The molecule has 23 heavy (non-hydrogen) atoms. The van der Waals surface area contributed by atoms with E-state index in [9.17, 15) is 23.2 Å². The van der Waals surface area contributed by atoms with E-state index in [0.717, 1.165) is 28.0 Å². The topological polar surface area (TPSA) is 61.1 Å². The van der Waals surface area contributed by atoms with Crippen molar-refractivity contribution in [1.82, 2.24) is 9.13 Å². The van der Waals surface area contributed by atoms with Crippen LogP contribution < -0.4 is 11.2 Å². The molecular formula is C15H10F2N2O3S. The van der Waals surface area contributed by atoms with Crippen molar-refractivity contribution in [3.8, 4) is 5.69 Å². The maximum atomic E-state index is 14.0. The molecule has 0 fully saturated rings. The Kier molecular flexibility index (Phi) is 3.69. The quantitative estimate of drug-likeness (QED) is 0.736. The minimum atomic E-state index is -1.03. The Balaban J connectivity index is 2.43. The molecule has 0 aliphatic heterocycles. The van der Waals surface area contributed by atoms with Gasteiger partial charge in [0.05, 0.1) is 17.7 Å². The monoisotopic (exact) mass is 336 g/mol. The highest BCUT2D eigenvalue weighted by Gasteiger charge is 2.18. The van der Waals surface area contributed by atoms with Gasteiger partial charge in [-0.25, -0.2) is 18.1 Å². The van der Waals surface area contributed by atoms with Crippen molar-refractivity contribution in [2.75, 3.05) is 0 Å². The van der Waals surface area contributed by atoms with E-state index in [1.54, 1.807) is 11.4 Å². The predicted octanol–water partition coefficient (Wildman–Crippen LogP) is 2.08. The van der Waals surface area contributed by atoms with Crippen LogP contribution in [0.3, 0.4) is 0 Å². The third kappa shape index (κ3) is 2.50. The molecule has 0 atom stereocenters. The number of Topliss-reactive ketones (excluding diaryl/α,β-unsaturated/α-hetero) is 1. The standard InChI is InChI=1S/C15H10F2N2O3S/c1-8(20)7-18-12-4-5-23-13(12)14(21)19(15(18)22)11-3-2-9(16)6-10(11)17/h2-6H,7H2,1H3. The largest absolute Gasteiger partial charge is 0.336 e. The Morgan fingerprint density at radius 2 is 1.96 bits per heavy atom. The van der Waals surface area contributed by atoms with E-state index in [1.165, 1.54) is 6.92 Å². The van der Waals surface area contributed by atoms with E-state index < -0.39 is 22.9 Å². The maximum absolute atomic E-state index is 14.0. The third-order valence-corrected chi connectivity index (χ3v) is 4.18. The molecule has 3 rings (SSSR count). The van der Waals surface area contributed by atoms with Gasteiger partial charge in [0.1, 0.15) is 22.1 Å². The highest BCUT2D eigenvalue weighted by atomic mass is 32.1. The first kappa shape index (κ1) is 15.3. The minimum absolute atomic E-state index is 0.217. The Morgan fingerprint density at radius 1 is 1.22 bits per heavy atom. The summed E-state index contributed by atoms with van der Waals surface area (Å²) in [4.78, 5) is 36.5. The van der Waals surface area contributed by atoms with Crippen LogP contribution in [0, 0.1) is 11.6 Å². The number of rotatable bonds is 3. The fourth-order valence-corrected chi connectivity index (χ4v) is 3.16. The number of fused-ring (bicyclic) bond motifs is 1. The van der Waals surface area contributed by atoms with Gasteiger partial charge in [-0.1, -0.05) is 0 Å². The van der Waals surface area contributed by atoms with E-state index in [0.29, 0.717) is 16.2 Å². The minimum Gasteiger partial charge on any atom is -0.298 e. The molecule has 0 aliphatic carbocycles. The number of nitrogens with zero attached hydrogens (tertiary/aromatic N) is 2. The second-order valence-electron chi connectivity index (χ2n) is 4.94. The zero-order valence-corrected chi connectivity index (χ0v) is 12.7. The van der Waals surface area contributed by atoms with Gasteiger partial charge in [0.15, 0.2) is 0 Å². The number of carbonyl (C=O) groups is 1. The van der Waals surface area contributed by atoms with Gasteiger partial charge in [0, 0.05) is 6.07 Å². The molecule has 1 aromatic carbocycles. The number of hydrogen-bond donors (Lipinski definition) is 0. The lowest BCUT2D eigenvalue weighted by Crippen LogP contribution is -2.39. The smallest absolute Gasteiger partial charge is 0.298 e. The number of thiophene rings is 1. The molecule has 118 valence electrons. The predicted molar refractivity (Wildman–Crippen MR) is 82.3 cm³/mol. The molecule has 0 saturated carbocycles. The molecule has 0 unspecified atom stereocenters. The Hall–Kier alpha value is -2.61. The van der Waals surface area contributed by atoms with Crippen LogP contribution >= 0.6 is 11.3 Å². The van der Waals surface area contributed by atoms with Gasteiger partial charge in [-0.05, 0) is 30.5 Å². The Labute approximate surface area is 132 Å². The van der Waals surface area contributed by atoms with Crippen LogP contribution in [0.15, 0.2) is 39.2 Å². The average molecular weight is 336 g/mol. The molecule has 0 radical (unpaired) electrons. The SMILES string of the molecule is CC(=O)Cn1c(=O)n(-c2ccc(F)cc2F)c(=O)c2sccc21. The van der Waals surface area contributed by atoms with Crippen molar-refractivity contribution in [1.29, 1.82) is 0 Å². The summed E-state index contributed by atoms with van der Waals surface area (Å²) in [6.07, 6.45) is 0. The lowest BCUT2D eigenvalue weighted by atomic mass is 10.3. The fourth-order valence-electron chi connectivity index (χ4n) is 2.34. The van der Waals surface area contributed by atoms with Crippen molar-refractivity contribution in [2.24, 2.45) is 0 Å². The summed E-state index contributed by atoms with van der Waals surface area (Å²) in [6.45, 7) is 1.06. The summed E-state index contributed by atoms with van der Waals surface area (Å²) in [7, 11) is 0. The van der Waals surface area contributed by atoms with Gasteiger partial charge in [0.25, 0.3) is 5.56 Å². The molecule has 0 amide bonds. The van der Waals surface area contributed by atoms with Crippen LogP contribution in [-0.4, -0.2) is 14.9 Å². The molecule has 0 aliphatic rings.